The molecule has 0 atom stereocenters. The van der Waals surface area contributed by atoms with Crippen LogP contribution in [0.25, 0.3) is 6.08 Å². The minimum Gasteiger partial charge on any atom is -0.346 e. The zero-order valence-corrected chi connectivity index (χ0v) is 11.8. The zero-order valence-electron chi connectivity index (χ0n) is 11.0. The number of hydrogen-bond acceptors (Lipinski definition) is 4. The van der Waals surface area contributed by atoms with Gasteiger partial charge in [-0.05, 0) is 30.3 Å². The van der Waals surface area contributed by atoms with Crippen molar-refractivity contribution in [2.45, 2.75) is 11.4 Å². The Morgan fingerprint density at radius 2 is 2.00 bits per heavy atom. The molecule has 1 aromatic carbocycles. The van der Waals surface area contributed by atoms with Gasteiger partial charge in [-0.1, -0.05) is 12.1 Å². The molecule has 0 aliphatic carbocycles. The van der Waals surface area contributed by atoms with Gasteiger partial charge < -0.3 is 5.32 Å². The number of nitrogens with one attached hydrogen (secondary N) is 1. The van der Waals surface area contributed by atoms with Gasteiger partial charge in [-0.3, -0.25) is 9.78 Å². The van der Waals surface area contributed by atoms with Crippen LogP contribution in [0.2, 0.25) is 0 Å². The minimum absolute atomic E-state index is 0.174. The van der Waals surface area contributed by atoms with Crippen molar-refractivity contribution < 1.29 is 13.2 Å². The summed E-state index contributed by atoms with van der Waals surface area (Å²) in [6, 6.07) is 10.1. The van der Waals surface area contributed by atoms with E-state index < -0.39 is 9.84 Å². The fourth-order valence-electron chi connectivity index (χ4n) is 2.16. The molecule has 0 fully saturated rings. The van der Waals surface area contributed by atoms with E-state index in [1.807, 2.05) is 6.07 Å². The summed E-state index contributed by atoms with van der Waals surface area (Å²) in [5.41, 5.74) is 1.53. The number of aromatic nitrogens is 1. The Labute approximate surface area is 122 Å². The molecular formula is C15H12N2O3S. The number of benzene rings is 1. The maximum Gasteiger partial charge on any atom is 0.252 e. The van der Waals surface area contributed by atoms with Crippen LogP contribution in [0, 0.1) is 0 Å². The van der Waals surface area contributed by atoms with Crippen LogP contribution in [-0.2, 0) is 16.4 Å². The van der Waals surface area contributed by atoms with Crippen LogP contribution in [0.5, 0.6) is 0 Å². The third kappa shape index (κ3) is 2.57. The van der Waals surface area contributed by atoms with Gasteiger partial charge in [0.05, 0.1) is 17.1 Å². The predicted molar refractivity (Wildman–Crippen MR) is 78.1 cm³/mol. The van der Waals surface area contributed by atoms with Gasteiger partial charge in [0.15, 0.2) is 9.84 Å². The Morgan fingerprint density at radius 1 is 1.14 bits per heavy atom. The summed E-state index contributed by atoms with van der Waals surface area (Å²) in [7, 11) is -3.40. The highest BCUT2D eigenvalue weighted by atomic mass is 32.2. The Balaban J connectivity index is 1.84. The molecule has 1 aromatic heterocycles. The molecule has 2 heterocycles. The lowest BCUT2D eigenvalue weighted by atomic mass is 10.1. The van der Waals surface area contributed by atoms with Crippen LogP contribution < -0.4 is 5.32 Å². The molecular weight excluding hydrogens is 288 g/mol. The van der Waals surface area contributed by atoms with E-state index in [9.17, 15) is 13.2 Å². The van der Waals surface area contributed by atoms with Gasteiger partial charge >= 0.3 is 0 Å². The standard InChI is InChI=1S/C15H12N2O3S/c18-15(17-10-11-4-1-2-8-16-11)13-5-3-6-14-12(13)7-9-21(14,19)20/h1-9H,10H2,(H,17,18). The smallest absolute Gasteiger partial charge is 0.252 e. The van der Waals surface area contributed by atoms with Crippen LogP contribution in [0.4, 0.5) is 0 Å². The summed E-state index contributed by atoms with van der Waals surface area (Å²) in [5, 5.41) is 3.86. The average molecular weight is 300 g/mol. The molecule has 0 saturated carbocycles. The highest BCUT2D eigenvalue weighted by Gasteiger charge is 2.24. The van der Waals surface area contributed by atoms with E-state index in [-0.39, 0.29) is 10.8 Å². The summed E-state index contributed by atoms with van der Waals surface area (Å²) >= 11 is 0. The molecule has 3 rings (SSSR count). The molecule has 0 radical (unpaired) electrons. The van der Waals surface area contributed by atoms with Gasteiger partial charge in [-0.15, -0.1) is 0 Å². The van der Waals surface area contributed by atoms with Crippen molar-refractivity contribution in [3.05, 3.63) is 64.8 Å². The lowest BCUT2D eigenvalue weighted by Crippen LogP contribution is -2.24. The Morgan fingerprint density at radius 3 is 2.76 bits per heavy atom. The van der Waals surface area contributed by atoms with Crippen molar-refractivity contribution in [3.63, 3.8) is 0 Å². The molecule has 106 valence electrons. The largest absolute Gasteiger partial charge is 0.346 e. The molecule has 0 unspecified atom stereocenters. The number of amides is 1. The Bertz CT molecular complexity index is 827. The first kappa shape index (κ1) is 13.5. The molecule has 21 heavy (non-hydrogen) atoms. The molecule has 5 nitrogen and oxygen atoms in total. The van der Waals surface area contributed by atoms with E-state index in [1.54, 1.807) is 30.5 Å². The molecule has 1 amide bonds. The fraction of sp³-hybridized carbons (Fsp3) is 0.0667. The number of hydrogen-bond donors (Lipinski definition) is 1. The molecule has 0 bridgehead atoms. The number of carbonyl (C=O) groups excluding carboxylic acids is 1. The third-order valence-electron chi connectivity index (χ3n) is 3.19. The maximum atomic E-state index is 12.2. The molecule has 1 aliphatic rings. The fourth-order valence-corrected chi connectivity index (χ4v) is 3.38. The highest BCUT2D eigenvalue weighted by Crippen LogP contribution is 2.29. The SMILES string of the molecule is O=C(NCc1ccccn1)c1cccc2c1C=CS2(=O)=O. The van der Waals surface area contributed by atoms with Crippen molar-refractivity contribution in [3.8, 4) is 0 Å². The Kier molecular flexibility index (Phi) is 3.31. The first-order valence-electron chi connectivity index (χ1n) is 6.32. The third-order valence-corrected chi connectivity index (χ3v) is 4.65. The Hall–Kier alpha value is -2.47. The van der Waals surface area contributed by atoms with Gasteiger partial charge in [-0.25, -0.2) is 8.42 Å². The van der Waals surface area contributed by atoms with Crippen molar-refractivity contribution in [2.24, 2.45) is 0 Å². The van der Waals surface area contributed by atoms with Crippen LogP contribution >= 0.6 is 0 Å². The monoisotopic (exact) mass is 300 g/mol. The van der Waals surface area contributed by atoms with E-state index in [2.05, 4.69) is 10.3 Å². The topological polar surface area (TPSA) is 76.1 Å². The van der Waals surface area contributed by atoms with E-state index >= 15 is 0 Å². The maximum absolute atomic E-state index is 12.2. The van der Waals surface area contributed by atoms with Gasteiger partial charge in [-0.2, -0.15) is 0 Å². The first-order valence-corrected chi connectivity index (χ1v) is 7.87. The van der Waals surface area contributed by atoms with Crippen LogP contribution in [0.15, 0.2) is 52.9 Å². The lowest BCUT2D eigenvalue weighted by Gasteiger charge is -2.08. The van der Waals surface area contributed by atoms with E-state index in [4.69, 9.17) is 0 Å². The highest BCUT2D eigenvalue weighted by molar-refractivity contribution is 7.94. The number of fused-ring (bicyclic) bond motifs is 1. The summed E-state index contributed by atoms with van der Waals surface area (Å²) < 4.78 is 23.6. The molecule has 6 heteroatoms. The zero-order chi connectivity index (χ0) is 14.9. The molecule has 1 N–H and O–H groups in total. The first-order chi connectivity index (χ1) is 10.1. The van der Waals surface area contributed by atoms with E-state index in [1.165, 1.54) is 12.1 Å². The number of rotatable bonds is 3. The van der Waals surface area contributed by atoms with Gasteiger partial charge in [0.2, 0.25) is 0 Å². The number of pyridine rings is 1. The number of sulfone groups is 1. The van der Waals surface area contributed by atoms with Crippen molar-refractivity contribution in [1.29, 1.82) is 0 Å². The molecule has 0 saturated heterocycles. The van der Waals surface area contributed by atoms with E-state index in [0.717, 1.165) is 11.1 Å². The second kappa shape index (κ2) is 5.14. The van der Waals surface area contributed by atoms with Gasteiger partial charge in [0, 0.05) is 22.7 Å². The summed E-state index contributed by atoms with van der Waals surface area (Å²) in [6.07, 6.45) is 3.11. The van der Waals surface area contributed by atoms with Crippen molar-refractivity contribution in [2.75, 3.05) is 0 Å². The summed E-state index contributed by atoms with van der Waals surface area (Å²) in [4.78, 5) is 16.5. The quantitative estimate of drug-likeness (QED) is 0.937. The van der Waals surface area contributed by atoms with Gasteiger partial charge in [0.25, 0.3) is 5.91 Å². The summed E-state index contributed by atoms with van der Waals surface area (Å²) in [6.45, 7) is 0.291. The van der Waals surface area contributed by atoms with Crippen LogP contribution in [-0.4, -0.2) is 19.3 Å². The van der Waals surface area contributed by atoms with Gasteiger partial charge in [0.1, 0.15) is 0 Å². The van der Waals surface area contributed by atoms with Crippen LogP contribution in [0.3, 0.4) is 0 Å². The normalized spacial score (nSPS) is 14.7. The second-order valence-corrected chi connectivity index (χ2v) is 6.37. The number of nitrogens with zero attached hydrogens (tertiary/aromatic N) is 1. The lowest BCUT2D eigenvalue weighted by molar-refractivity contribution is 0.0950. The van der Waals surface area contributed by atoms with Crippen LogP contribution in [0.1, 0.15) is 21.6 Å². The predicted octanol–water partition coefficient (Wildman–Crippen LogP) is 1.77. The molecule has 1 aliphatic heterocycles. The molecule has 2 aromatic rings. The second-order valence-electron chi connectivity index (χ2n) is 4.57. The van der Waals surface area contributed by atoms with Crippen molar-refractivity contribution in [1.82, 2.24) is 10.3 Å². The van der Waals surface area contributed by atoms with E-state index in [0.29, 0.717) is 17.7 Å². The molecule has 0 spiro atoms. The number of carbonyl (C=O) groups is 1. The minimum atomic E-state index is -3.40. The summed E-state index contributed by atoms with van der Waals surface area (Å²) in [5.74, 6) is -0.320. The average Bonchev–Trinajstić information content (AvgIpc) is 2.82. The van der Waals surface area contributed by atoms with Crippen molar-refractivity contribution >= 4 is 21.8 Å².